The van der Waals surface area contributed by atoms with Crippen LogP contribution in [0.4, 0.5) is 0 Å². The van der Waals surface area contributed by atoms with Gasteiger partial charge in [0, 0.05) is 12.3 Å². The molecule has 1 aromatic rings. The number of hydrogen-bond donors (Lipinski definition) is 4. The molecule has 40 heavy (non-hydrogen) atoms. The molecule has 0 radical (unpaired) electrons. The summed E-state index contributed by atoms with van der Waals surface area (Å²) >= 11 is 0. The standard InChI is InChI=1S/C30H41N3O7/c1-18(31-29(37)21-9-11-22(34)12-10-21)28(36)33-25(16-20-7-13-23(39-2)14-8-20)30(38)32-24(27(35)26-17-40-26)15-19-5-3-4-6-19/h5,7-8,13-14,18,21-22,24-26,34H,3-4,6,9-12,15-17H2,1-2H3,(H,31,37)(H,32,38)(H,33,36)/t18-,21-,22+,24+,25+,26-/m1/s1. The lowest BCUT2D eigenvalue weighted by Crippen LogP contribution is -2.56. The Bertz CT molecular complexity index is 1090. The lowest BCUT2D eigenvalue weighted by Gasteiger charge is -2.27. The van der Waals surface area contributed by atoms with Gasteiger partial charge in [0.15, 0.2) is 5.78 Å². The van der Waals surface area contributed by atoms with Crippen molar-refractivity contribution in [3.63, 3.8) is 0 Å². The van der Waals surface area contributed by atoms with Crippen LogP contribution >= 0.6 is 0 Å². The van der Waals surface area contributed by atoms with Gasteiger partial charge in [-0.3, -0.25) is 19.2 Å². The fraction of sp³-hybridized carbons (Fsp3) is 0.600. The van der Waals surface area contributed by atoms with E-state index in [1.807, 2.05) is 12.1 Å². The van der Waals surface area contributed by atoms with Gasteiger partial charge in [-0.25, -0.2) is 0 Å². The van der Waals surface area contributed by atoms with E-state index >= 15 is 0 Å². The van der Waals surface area contributed by atoms with Crippen molar-refractivity contribution in [2.24, 2.45) is 5.92 Å². The minimum atomic E-state index is -0.974. The van der Waals surface area contributed by atoms with Gasteiger partial charge in [-0.2, -0.15) is 0 Å². The molecule has 3 amide bonds. The van der Waals surface area contributed by atoms with Gasteiger partial charge in [-0.1, -0.05) is 23.8 Å². The summed E-state index contributed by atoms with van der Waals surface area (Å²) in [5, 5.41) is 18.2. The van der Waals surface area contributed by atoms with Crippen molar-refractivity contribution in [3.8, 4) is 5.75 Å². The lowest BCUT2D eigenvalue weighted by atomic mass is 9.87. The molecule has 0 bridgehead atoms. The third-order valence-corrected chi connectivity index (χ3v) is 7.96. The number of Topliss-reactive ketones (excluding diaryl/α,β-unsaturated/α-hetero) is 1. The second-order valence-corrected chi connectivity index (χ2v) is 11.1. The highest BCUT2D eigenvalue weighted by Crippen LogP contribution is 2.25. The van der Waals surface area contributed by atoms with Crippen molar-refractivity contribution in [1.82, 2.24) is 16.0 Å². The summed E-state index contributed by atoms with van der Waals surface area (Å²) in [5.74, 6) is -0.940. The number of aliphatic hydroxyl groups is 1. The van der Waals surface area contributed by atoms with Gasteiger partial charge >= 0.3 is 0 Å². The van der Waals surface area contributed by atoms with Gasteiger partial charge in [0.05, 0.1) is 25.9 Å². The van der Waals surface area contributed by atoms with E-state index in [1.54, 1.807) is 26.2 Å². The Morgan fingerprint density at radius 1 is 0.975 bits per heavy atom. The maximum Gasteiger partial charge on any atom is 0.243 e. The average molecular weight is 556 g/mol. The summed E-state index contributed by atoms with van der Waals surface area (Å²) in [4.78, 5) is 52.5. The fourth-order valence-corrected chi connectivity index (χ4v) is 5.35. The number of carbonyl (C=O) groups is 4. The highest BCUT2D eigenvalue weighted by Gasteiger charge is 2.38. The third kappa shape index (κ3) is 8.38. The summed E-state index contributed by atoms with van der Waals surface area (Å²) < 4.78 is 10.4. The van der Waals surface area contributed by atoms with E-state index < -0.39 is 36.0 Å². The Kier molecular flexibility index (Phi) is 10.3. The van der Waals surface area contributed by atoms with Gasteiger partial charge in [-0.15, -0.1) is 0 Å². The Morgan fingerprint density at radius 2 is 1.65 bits per heavy atom. The van der Waals surface area contributed by atoms with Crippen LogP contribution in [-0.4, -0.2) is 72.7 Å². The summed E-state index contributed by atoms with van der Waals surface area (Å²) in [7, 11) is 1.57. The van der Waals surface area contributed by atoms with Gasteiger partial charge in [0.2, 0.25) is 17.7 Å². The van der Waals surface area contributed by atoms with Crippen LogP contribution in [0.2, 0.25) is 0 Å². The second kappa shape index (κ2) is 13.9. The van der Waals surface area contributed by atoms with E-state index in [2.05, 4.69) is 22.0 Å². The molecule has 1 aromatic carbocycles. The van der Waals surface area contributed by atoms with E-state index in [1.165, 1.54) is 0 Å². The monoisotopic (exact) mass is 555 g/mol. The summed E-state index contributed by atoms with van der Waals surface area (Å²) in [5.41, 5.74) is 1.94. The number of epoxide rings is 1. The fourth-order valence-electron chi connectivity index (χ4n) is 5.35. The molecular formula is C30H41N3O7. The Labute approximate surface area is 235 Å². The number of ketones is 1. The summed E-state index contributed by atoms with van der Waals surface area (Å²) in [6.07, 6.45) is 7.01. The SMILES string of the molecule is COc1ccc(C[C@H](NC(=O)[C@@H](C)NC(=O)[C@H]2CC[C@@H](O)CC2)C(=O)N[C@@H](CC2=CCCC2)C(=O)[C@H]2CO2)cc1. The van der Waals surface area contributed by atoms with E-state index in [9.17, 15) is 24.3 Å². The van der Waals surface area contributed by atoms with Crippen molar-refractivity contribution in [2.45, 2.75) is 95.0 Å². The molecule has 4 atom stereocenters. The van der Waals surface area contributed by atoms with E-state index in [0.29, 0.717) is 44.5 Å². The number of benzene rings is 1. The predicted molar refractivity (Wildman–Crippen MR) is 147 cm³/mol. The van der Waals surface area contributed by atoms with Gasteiger partial charge in [0.25, 0.3) is 0 Å². The molecule has 10 heteroatoms. The molecule has 4 N–H and O–H groups in total. The van der Waals surface area contributed by atoms with E-state index in [0.717, 1.165) is 30.4 Å². The van der Waals surface area contributed by atoms with Crippen LogP contribution < -0.4 is 20.7 Å². The summed E-state index contributed by atoms with van der Waals surface area (Å²) in [6.45, 7) is 1.93. The van der Waals surface area contributed by atoms with Crippen LogP contribution in [0.25, 0.3) is 0 Å². The molecule has 1 aliphatic heterocycles. The normalized spacial score (nSPS) is 24.2. The first-order chi connectivity index (χ1) is 19.2. The molecule has 0 unspecified atom stereocenters. The number of aliphatic hydroxyl groups excluding tert-OH is 1. The second-order valence-electron chi connectivity index (χ2n) is 11.1. The van der Waals surface area contributed by atoms with E-state index in [4.69, 9.17) is 9.47 Å². The zero-order chi connectivity index (χ0) is 28.6. The Morgan fingerprint density at radius 3 is 2.25 bits per heavy atom. The first kappa shape index (κ1) is 29.7. The highest BCUT2D eigenvalue weighted by molar-refractivity contribution is 5.96. The van der Waals surface area contributed by atoms with Gasteiger partial charge in [-0.05, 0) is 76.0 Å². The van der Waals surface area contributed by atoms with Crippen LogP contribution in [0, 0.1) is 5.92 Å². The van der Waals surface area contributed by atoms with Crippen LogP contribution in [-0.2, 0) is 30.3 Å². The quantitative estimate of drug-likeness (QED) is 0.214. The van der Waals surface area contributed by atoms with Gasteiger partial charge in [0.1, 0.15) is 23.9 Å². The van der Waals surface area contributed by atoms with Crippen molar-refractivity contribution in [2.75, 3.05) is 13.7 Å². The maximum absolute atomic E-state index is 13.6. The topological polar surface area (TPSA) is 146 Å². The molecular weight excluding hydrogens is 514 g/mol. The molecule has 2 fully saturated rings. The van der Waals surface area contributed by atoms with Crippen LogP contribution in [0.1, 0.15) is 63.9 Å². The molecule has 4 rings (SSSR count). The van der Waals surface area contributed by atoms with Crippen LogP contribution in [0.15, 0.2) is 35.9 Å². The minimum Gasteiger partial charge on any atom is -0.497 e. The van der Waals surface area contributed by atoms with Crippen LogP contribution in [0.5, 0.6) is 5.75 Å². The van der Waals surface area contributed by atoms with Crippen LogP contribution in [0.3, 0.4) is 0 Å². The summed E-state index contributed by atoms with van der Waals surface area (Å²) in [6, 6.07) is 4.61. The maximum atomic E-state index is 13.6. The highest BCUT2D eigenvalue weighted by atomic mass is 16.6. The molecule has 0 spiro atoms. The Hall–Kier alpha value is -3.24. The van der Waals surface area contributed by atoms with E-state index in [-0.39, 0.29) is 30.1 Å². The predicted octanol–water partition coefficient (Wildman–Crippen LogP) is 1.73. The number of methoxy groups -OCH3 is 1. The number of hydrogen-bond acceptors (Lipinski definition) is 7. The molecule has 1 heterocycles. The van der Waals surface area contributed by atoms with Crippen molar-refractivity contribution in [1.29, 1.82) is 0 Å². The molecule has 1 saturated heterocycles. The molecule has 218 valence electrons. The number of carbonyl (C=O) groups excluding carboxylic acids is 4. The Balaban J connectivity index is 1.44. The first-order valence-corrected chi connectivity index (χ1v) is 14.3. The van der Waals surface area contributed by atoms with Crippen molar-refractivity contribution < 1.29 is 33.8 Å². The smallest absolute Gasteiger partial charge is 0.243 e. The van der Waals surface area contributed by atoms with Crippen molar-refractivity contribution >= 4 is 23.5 Å². The number of nitrogens with one attached hydrogen (secondary N) is 3. The number of rotatable bonds is 13. The molecule has 10 nitrogen and oxygen atoms in total. The zero-order valence-corrected chi connectivity index (χ0v) is 23.3. The largest absolute Gasteiger partial charge is 0.497 e. The van der Waals surface area contributed by atoms with Gasteiger partial charge < -0.3 is 30.5 Å². The number of amides is 3. The number of allylic oxidation sites excluding steroid dienone is 1. The minimum absolute atomic E-state index is 0.158. The molecule has 1 saturated carbocycles. The lowest BCUT2D eigenvalue weighted by molar-refractivity contribution is -0.134. The average Bonchev–Trinajstić information content (AvgIpc) is 3.68. The first-order valence-electron chi connectivity index (χ1n) is 14.3. The zero-order valence-electron chi connectivity index (χ0n) is 23.3. The molecule has 3 aliphatic rings. The third-order valence-electron chi connectivity index (χ3n) is 7.96. The van der Waals surface area contributed by atoms with Crippen molar-refractivity contribution in [3.05, 3.63) is 41.5 Å². The molecule has 2 aliphatic carbocycles. The number of ether oxygens (including phenoxy) is 2. The molecule has 0 aromatic heterocycles.